The van der Waals surface area contributed by atoms with Crippen LogP contribution in [0.4, 0.5) is 0 Å². The lowest BCUT2D eigenvalue weighted by atomic mass is 9.97. The smallest absolute Gasteiger partial charge is 0.366 e. The molecule has 2 aromatic rings. The van der Waals surface area contributed by atoms with Crippen molar-refractivity contribution in [3.8, 4) is 5.75 Å². The van der Waals surface area contributed by atoms with Crippen LogP contribution in [0.2, 0.25) is 0 Å². The summed E-state index contributed by atoms with van der Waals surface area (Å²) in [7, 11) is -1.23. The van der Waals surface area contributed by atoms with Crippen molar-refractivity contribution in [3.05, 3.63) is 30.0 Å². The molecule has 6 nitrogen and oxygen atoms in total. The fourth-order valence-corrected chi connectivity index (χ4v) is 3.09. The van der Waals surface area contributed by atoms with E-state index >= 15 is 0 Å². The molecule has 0 aliphatic rings. The van der Waals surface area contributed by atoms with Gasteiger partial charge in [0.15, 0.2) is 0 Å². The normalized spacial score (nSPS) is 13.3. The zero-order chi connectivity index (χ0) is 16.5. The highest BCUT2D eigenvalue weighted by Gasteiger charge is 2.20. The minimum absolute atomic E-state index is 0.0541. The summed E-state index contributed by atoms with van der Waals surface area (Å²) < 4.78 is 35.0. The molecule has 0 saturated heterocycles. The Bertz CT molecular complexity index is 807. The average molecular weight is 325 g/mol. The number of aromatic nitrogens is 1. The third-order valence-corrected chi connectivity index (χ3v) is 4.94. The molecule has 1 atom stereocenters. The van der Waals surface area contributed by atoms with E-state index in [0.717, 1.165) is 22.0 Å². The highest BCUT2D eigenvalue weighted by atomic mass is 32.2. The van der Waals surface area contributed by atoms with Gasteiger partial charge in [0.05, 0.1) is 19.7 Å². The Hall–Kier alpha value is -1.86. The lowest BCUT2D eigenvalue weighted by molar-refractivity contribution is -0.120. The van der Waals surface area contributed by atoms with E-state index in [9.17, 15) is 13.2 Å². The van der Waals surface area contributed by atoms with Crippen molar-refractivity contribution in [3.63, 3.8) is 0 Å². The fourth-order valence-electron chi connectivity index (χ4n) is 2.27. The van der Waals surface area contributed by atoms with Gasteiger partial charge in [-0.25, -0.2) is 3.97 Å². The highest BCUT2D eigenvalue weighted by Crippen LogP contribution is 2.29. The van der Waals surface area contributed by atoms with E-state index in [4.69, 9.17) is 4.74 Å². The molecule has 0 fully saturated rings. The van der Waals surface area contributed by atoms with Gasteiger partial charge in [0.2, 0.25) is 0 Å². The Balaban J connectivity index is 2.66. The molecule has 0 amide bonds. The van der Waals surface area contributed by atoms with Crippen LogP contribution in [0.3, 0.4) is 0 Å². The number of Topliss-reactive ketones (excluding diaryl/α,β-unsaturated/α-hetero) is 1. The molecular weight excluding hydrogens is 306 g/mol. The first-order valence-electron chi connectivity index (χ1n) is 6.79. The van der Waals surface area contributed by atoms with Crippen LogP contribution < -0.4 is 4.74 Å². The summed E-state index contributed by atoms with van der Waals surface area (Å²) in [4.78, 5) is 11.5. The SMILES string of the molecule is COc1ccc2c(c1)c(CC(C)C(C)=O)cn2S(=O)(=O)OC. The number of benzene rings is 1. The Labute approximate surface area is 129 Å². The van der Waals surface area contributed by atoms with Gasteiger partial charge in [0.25, 0.3) is 0 Å². The second-order valence-electron chi connectivity index (χ2n) is 5.17. The Morgan fingerprint density at radius 1 is 1.32 bits per heavy atom. The van der Waals surface area contributed by atoms with Crippen LogP contribution in [-0.2, 0) is 25.7 Å². The van der Waals surface area contributed by atoms with Gasteiger partial charge in [-0.15, -0.1) is 0 Å². The van der Waals surface area contributed by atoms with E-state index in [0.29, 0.717) is 17.7 Å². The largest absolute Gasteiger partial charge is 0.497 e. The maximum Gasteiger partial charge on any atom is 0.366 e. The van der Waals surface area contributed by atoms with Crippen molar-refractivity contribution in [2.24, 2.45) is 5.92 Å². The first kappa shape index (κ1) is 16.5. The number of nitrogens with zero attached hydrogens (tertiary/aromatic N) is 1. The number of rotatable bonds is 6. The second-order valence-corrected chi connectivity index (χ2v) is 6.76. The third kappa shape index (κ3) is 3.00. The Kier molecular flexibility index (Phi) is 4.58. The van der Waals surface area contributed by atoms with Crippen LogP contribution in [0.1, 0.15) is 19.4 Å². The molecule has 1 unspecified atom stereocenters. The second kappa shape index (κ2) is 6.10. The number of ether oxygens (including phenoxy) is 1. The van der Waals surface area contributed by atoms with Crippen molar-refractivity contribution >= 4 is 27.0 Å². The molecule has 1 heterocycles. The molecule has 0 aliphatic heterocycles. The molecule has 0 spiro atoms. The maximum atomic E-state index is 12.0. The number of ketones is 1. The number of carbonyl (C=O) groups is 1. The lowest BCUT2D eigenvalue weighted by Crippen LogP contribution is -2.13. The van der Waals surface area contributed by atoms with E-state index in [1.807, 2.05) is 6.92 Å². The van der Waals surface area contributed by atoms with Crippen LogP contribution in [-0.4, -0.2) is 32.4 Å². The topological polar surface area (TPSA) is 74.6 Å². The number of fused-ring (bicyclic) bond motifs is 1. The van der Waals surface area contributed by atoms with Crippen LogP contribution in [0, 0.1) is 5.92 Å². The number of hydrogen-bond donors (Lipinski definition) is 0. The molecule has 0 bridgehead atoms. The molecule has 0 radical (unpaired) electrons. The molecule has 1 aromatic carbocycles. The van der Waals surface area contributed by atoms with Crippen molar-refractivity contribution in [2.45, 2.75) is 20.3 Å². The van der Waals surface area contributed by atoms with E-state index in [1.54, 1.807) is 25.3 Å². The fraction of sp³-hybridized carbons (Fsp3) is 0.400. The summed E-state index contributed by atoms with van der Waals surface area (Å²) in [5, 5.41) is 0.730. The number of hydrogen-bond acceptors (Lipinski definition) is 5. The van der Waals surface area contributed by atoms with E-state index < -0.39 is 10.3 Å². The van der Waals surface area contributed by atoms with Gasteiger partial charge in [-0.1, -0.05) is 6.92 Å². The standard InChI is InChI=1S/C15H19NO5S/c1-10(11(2)17)7-12-9-16(22(18,19)21-4)15-6-5-13(20-3)8-14(12)15/h5-6,8-10H,7H2,1-4H3. The van der Waals surface area contributed by atoms with Gasteiger partial charge < -0.3 is 4.74 Å². The molecule has 120 valence electrons. The van der Waals surface area contributed by atoms with Gasteiger partial charge in [-0.05, 0) is 37.1 Å². The van der Waals surface area contributed by atoms with Crippen LogP contribution in [0.25, 0.3) is 10.9 Å². The molecule has 2 rings (SSSR count). The highest BCUT2D eigenvalue weighted by molar-refractivity contribution is 7.85. The van der Waals surface area contributed by atoms with Gasteiger partial charge >= 0.3 is 10.3 Å². The minimum Gasteiger partial charge on any atom is -0.497 e. The zero-order valence-corrected chi connectivity index (χ0v) is 13.8. The average Bonchev–Trinajstić information content (AvgIpc) is 2.85. The van der Waals surface area contributed by atoms with Crippen molar-refractivity contribution in [2.75, 3.05) is 14.2 Å². The van der Waals surface area contributed by atoms with Gasteiger partial charge in [0, 0.05) is 17.5 Å². The van der Waals surface area contributed by atoms with E-state index in [2.05, 4.69) is 4.18 Å². The van der Waals surface area contributed by atoms with Crippen molar-refractivity contribution in [1.82, 2.24) is 3.97 Å². The van der Waals surface area contributed by atoms with Crippen molar-refractivity contribution < 1.29 is 22.1 Å². The molecule has 0 N–H and O–H groups in total. The molecule has 0 aliphatic carbocycles. The summed E-state index contributed by atoms with van der Waals surface area (Å²) in [6.45, 7) is 3.34. The number of carbonyl (C=O) groups excluding carboxylic acids is 1. The summed E-state index contributed by atoms with van der Waals surface area (Å²) in [5.41, 5.74) is 1.26. The number of methoxy groups -OCH3 is 1. The summed E-state index contributed by atoms with van der Waals surface area (Å²) >= 11 is 0. The minimum atomic E-state index is -3.89. The van der Waals surface area contributed by atoms with Crippen molar-refractivity contribution in [1.29, 1.82) is 0 Å². The van der Waals surface area contributed by atoms with Crippen LogP contribution >= 0.6 is 0 Å². The summed E-state index contributed by atoms with van der Waals surface area (Å²) in [5.74, 6) is 0.477. The summed E-state index contributed by atoms with van der Waals surface area (Å²) in [6, 6.07) is 5.11. The van der Waals surface area contributed by atoms with Gasteiger partial charge in [-0.3, -0.25) is 8.98 Å². The van der Waals surface area contributed by atoms with Crippen LogP contribution in [0.5, 0.6) is 5.75 Å². The van der Waals surface area contributed by atoms with Gasteiger partial charge in [-0.2, -0.15) is 8.42 Å². The van der Waals surface area contributed by atoms with Gasteiger partial charge in [0.1, 0.15) is 11.5 Å². The van der Waals surface area contributed by atoms with E-state index in [1.165, 1.54) is 13.1 Å². The maximum absolute atomic E-state index is 12.0. The molecule has 22 heavy (non-hydrogen) atoms. The van der Waals surface area contributed by atoms with Crippen LogP contribution in [0.15, 0.2) is 24.4 Å². The molecule has 0 saturated carbocycles. The Morgan fingerprint density at radius 2 is 2.00 bits per heavy atom. The first-order chi connectivity index (χ1) is 10.3. The third-order valence-electron chi connectivity index (χ3n) is 3.73. The predicted molar refractivity (Wildman–Crippen MR) is 83.4 cm³/mol. The zero-order valence-electron chi connectivity index (χ0n) is 13.0. The predicted octanol–water partition coefficient (Wildman–Crippen LogP) is 2.16. The molecule has 7 heteroatoms. The quantitative estimate of drug-likeness (QED) is 0.813. The molecule has 1 aromatic heterocycles. The lowest BCUT2D eigenvalue weighted by Gasteiger charge is -2.06. The Morgan fingerprint density at radius 3 is 2.55 bits per heavy atom. The van der Waals surface area contributed by atoms with E-state index in [-0.39, 0.29) is 11.7 Å². The molecular formula is C15H19NO5S. The summed E-state index contributed by atoms with van der Waals surface area (Å²) in [6.07, 6.45) is 1.95. The first-order valence-corrected chi connectivity index (χ1v) is 8.16. The monoisotopic (exact) mass is 325 g/mol.